The van der Waals surface area contributed by atoms with Crippen molar-refractivity contribution >= 4 is 35.0 Å². The average Bonchev–Trinajstić information content (AvgIpc) is 3.20. The number of aromatic nitrogens is 3. The highest BCUT2D eigenvalue weighted by molar-refractivity contribution is 7.99. The van der Waals surface area contributed by atoms with E-state index >= 15 is 0 Å². The maximum absolute atomic E-state index is 14.0. The molecule has 0 spiro atoms. The maximum atomic E-state index is 14.0. The summed E-state index contributed by atoms with van der Waals surface area (Å²) in [6.07, 6.45) is 0. The molecule has 1 heterocycles. The second kappa shape index (κ2) is 10.1. The molecule has 8 nitrogen and oxygen atoms in total. The number of anilines is 2. The number of rotatable bonds is 7. The molecule has 0 atom stereocenters. The van der Waals surface area contributed by atoms with Crippen molar-refractivity contribution in [2.45, 2.75) is 5.16 Å². The molecule has 34 heavy (non-hydrogen) atoms. The van der Waals surface area contributed by atoms with E-state index in [1.807, 2.05) is 0 Å². The maximum Gasteiger partial charge on any atom is 0.257 e. The van der Waals surface area contributed by atoms with Gasteiger partial charge in [-0.25, -0.2) is 13.5 Å². The lowest BCUT2D eigenvalue weighted by atomic mass is 10.1. The van der Waals surface area contributed by atoms with Gasteiger partial charge in [-0.1, -0.05) is 36.0 Å². The lowest BCUT2D eigenvalue weighted by molar-refractivity contribution is -0.113. The number of nitrogens with two attached hydrogens (primary N) is 1. The Morgan fingerprint density at radius 2 is 1.62 bits per heavy atom. The molecule has 0 saturated carbocycles. The second-order valence-electron chi connectivity index (χ2n) is 7.00. The van der Waals surface area contributed by atoms with Gasteiger partial charge in [0, 0.05) is 5.69 Å². The molecule has 0 bridgehead atoms. The molecule has 0 saturated heterocycles. The number of nitrogens with one attached hydrogen (secondary N) is 2. The minimum Gasteiger partial charge on any atom is -0.335 e. The van der Waals surface area contributed by atoms with Gasteiger partial charge in [0.05, 0.1) is 22.6 Å². The minimum absolute atomic E-state index is 0.0828. The molecule has 2 amide bonds. The molecule has 1 aromatic heterocycles. The van der Waals surface area contributed by atoms with Gasteiger partial charge in [-0.3, -0.25) is 9.59 Å². The lowest BCUT2D eigenvalue weighted by Crippen LogP contribution is -2.20. The first-order chi connectivity index (χ1) is 16.4. The third-order valence-electron chi connectivity index (χ3n) is 4.66. The number of carbonyl (C=O) groups excluding carboxylic acids is 2. The zero-order valence-corrected chi connectivity index (χ0v) is 18.4. The van der Waals surface area contributed by atoms with Gasteiger partial charge in [0.2, 0.25) is 11.1 Å². The summed E-state index contributed by atoms with van der Waals surface area (Å²) >= 11 is 1.01. The van der Waals surface area contributed by atoms with Crippen LogP contribution < -0.4 is 16.5 Å². The summed E-state index contributed by atoms with van der Waals surface area (Å²) in [5.41, 5.74) is 1.13. The van der Waals surface area contributed by atoms with Crippen LogP contribution in [0.4, 0.5) is 20.2 Å². The summed E-state index contributed by atoms with van der Waals surface area (Å²) in [6.45, 7) is 0. The van der Waals surface area contributed by atoms with E-state index in [1.165, 1.54) is 36.4 Å². The fraction of sp³-hybridized carbons (Fsp3) is 0.0435. The number of halogens is 2. The SMILES string of the molecule is Nn1c(SCC(=O)Nc2ccccc2C(=O)Nc2ccc(F)cc2)nnc1-c1ccccc1F. The van der Waals surface area contributed by atoms with Crippen molar-refractivity contribution in [2.24, 2.45) is 0 Å². The number of amides is 2. The number of hydrogen-bond donors (Lipinski definition) is 3. The molecule has 0 fully saturated rings. The van der Waals surface area contributed by atoms with Crippen molar-refractivity contribution in [1.82, 2.24) is 14.9 Å². The standard InChI is InChI=1S/C23H18F2N6O2S/c24-14-9-11-15(12-10-14)27-22(33)17-6-2-4-8-19(17)28-20(32)13-34-23-30-29-21(31(23)26)16-5-1-3-7-18(16)25/h1-12H,13,26H2,(H,27,33)(H,28,32). The normalized spacial score (nSPS) is 10.6. The fourth-order valence-corrected chi connectivity index (χ4v) is 3.70. The largest absolute Gasteiger partial charge is 0.335 e. The number of hydrogen-bond acceptors (Lipinski definition) is 6. The molecule has 11 heteroatoms. The Morgan fingerprint density at radius 3 is 2.38 bits per heavy atom. The van der Waals surface area contributed by atoms with Crippen LogP contribution in [-0.2, 0) is 4.79 Å². The minimum atomic E-state index is -0.494. The van der Waals surface area contributed by atoms with Gasteiger partial charge < -0.3 is 16.5 Å². The van der Waals surface area contributed by atoms with Gasteiger partial charge in [0.15, 0.2) is 5.82 Å². The molecular weight excluding hydrogens is 462 g/mol. The van der Waals surface area contributed by atoms with Gasteiger partial charge >= 0.3 is 0 Å². The van der Waals surface area contributed by atoms with Crippen LogP contribution in [0, 0.1) is 11.6 Å². The lowest BCUT2D eigenvalue weighted by Gasteiger charge is -2.11. The summed E-state index contributed by atoms with van der Waals surface area (Å²) in [6, 6.07) is 17.8. The molecule has 3 aromatic carbocycles. The molecule has 4 N–H and O–H groups in total. The average molecular weight is 481 g/mol. The number of para-hydroxylation sites is 1. The van der Waals surface area contributed by atoms with E-state index in [2.05, 4.69) is 20.8 Å². The highest BCUT2D eigenvalue weighted by Crippen LogP contribution is 2.24. The van der Waals surface area contributed by atoms with Crippen molar-refractivity contribution in [1.29, 1.82) is 0 Å². The van der Waals surface area contributed by atoms with Gasteiger partial charge in [-0.2, -0.15) is 0 Å². The second-order valence-corrected chi connectivity index (χ2v) is 7.94. The van der Waals surface area contributed by atoms with Gasteiger partial charge in [0.1, 0.15) is 11.6 Å². The van der Waals surface area contributed by atoms with Crippen molar-refractivity contribution in [3.8, 4) is 11.4 Å². The number of thioether (sulfide) groups is 1. The molecule has 0 aliphatic rings. The van der Waals surface area contributed by atoms with Crippen molar-refractivity contribution in [3.63, 3.8) is 0 Å². The van der Waals surface area contributed by atoms with E-state index in [1.54, 1.807) is 36.4 Å². The molecule has 172 valence electrons. The van der Waals surface area contributed by atoms with E-state index < -0.39 is 23.4 Å². The van der Waals surface area contributed by atoms with Crippen LogP contribution in [0.15, 0.2) is 78.0 Å². The van der Waals surface area contributed by atoms with Crippen LogP contribution in [0.5, 0.6) is 0 Å². The van der Waals surface area contributed by atoms with Crippen LogP contribution in [0.1, 0.15) is 10.4 Å². The molecule has 4 aromatic rings. The topological polar surface area (TPSA) is 115 Å². The predicted octanol–water partition coefficient (Wildman–Crippen LogP) is 3.92. The fourth-order valence-electron chi connectivity index (χ4n) is 3.04. The number of carbonyl (C=O) groups is 2. The first kappa shape index (κ1) is 22.9. The summed E-state index contributed by atoms with van der Waals surface area (Å²) in [5.74, 6) is 4.24. The number of nitrogens with zero attached hydrogens (tertiary/aromatic N) is 3. The monoisotopic (exact) mass is 480 g/mol. The molecule has 0 radical (unpaired) electrons. The van der Waals surface area contributed by atoms with Crippen LogP contribution in [0.25, 0.3) is 11.4 Å². The van der Waals surface area contributed by atoms with E-state index in [0.717, 1.165) is 16.4 Å². The third-order valence-corrected chi connectivity index (χ3v) is 5.60. The Kier molecular flexibility index (Phi) is 6.83. The molecule has 4 rings (SSSR count). The molecule has 0 aliphatic heterocycles. The zero-order chi connectivity index (χ0) is 24.1. The Morgan fingerprint density at radius 1 is 0.912 bits per heavy atom. The highest BCUT2D eigenvalue weighted by Gasteiger charge is 2.18. The zero-order valence-electron chi connectivity index (χ0n) is 17.5. The molecule has 0 aliphatic carbocycles. The highest BCUT2D eigenvalue weighted by atomic mass is 32.2. The summed E-state index contributed by atoms with van der Waals surface area (Å²) in [4.78, 5) is 25.2. The van der Waals surface area contributed by atoms with Gasteiger partial charge in [-0.15, -0.1) is 10.2 Å². The Labute approximate surface area is 197 Å². The van der Waals surface area contributed by atoms with Crippen molar-refractivity contribution in [2.75, 3.05) is 22.2 Å². The first-order valence-electron chi connectivity index (χ1n) is 9.96. The van der Waals surface area contributed by atoms with E-state index in [4.69, 9.17) is 5.84 Å². The smallest absolute Gasteiger partial charge is 0.257 e. The Balaban J connectivity index is 1.41. The van der Waals surface area contributed by atoms with Crippen LogP contribution in [0.3, 0.4) is 0 Å². The van der Waals surface area contributed by atoms with Crippen LogP contribution >= 0.6 is 11.8 Å². The predicted molar refractivity (Wildman–Crippen MR) is 126 cm³/mol. The van der Waals surface area contributed by atoms with E-state index in [0.29, 0.717) is 11.4 Å². The van der Waals surface area contributed by atoms with Crippen molar-refractivity contribution < 1.29 is 18.4 Å². The number of benzene rings is 3. The Hall–Kier alpha value is -4.25. The molecular formula is C23H18F2N6O2S. The van der Waals surface area contributed by atoms with Gasteiger partial charge in [-0.05, 0) is 48.5 Å². The summed E-state index contributed by atoms with van der Waals surface area (Å²) in [7, 11) is 0. The first-order valence-corrected chi connectivity index (χ1v) is 10.9. The van der Waals surface area contributed by atoms with E-state index in [-0.39, 0.29) is 27.9 Å². The summed E-state index contributed by atoms with van der Waals surface area (Å²) in [5, 5.41) is 13.4. The third kappa shape index (κ3) is 5.21. The molecule has 0 unspecified atom stereocenters. The number of nitrogen functional groups attached to an aromatic ring is 1. The van der Waals surface area contributed by atoms with Gasteiger partial charge in [0.25, 0.3) is 5.91 Å². The van der Waals surface area contributed by atoms with Crippen LogP contribution in [0.2, 0.25) is 0 Å². The Bertz CT molecular complexity index is 1340. The van der Waals surface area contributed by atoms with E-state index in [9.17, 15) is 18.4 Å². The van der Waals surface area contributed by atoms with Crippen LogP contribution in [-0.4, -0.2) is 32.4 Å². The summed E-state index contributed by atoms with van der Waals surface area (Å²) < 4.78 is 28.2. The van der Waals surface area contributed by atoms with Crippen molar-refractivity contribution in [3.05, 3.63) is 90.0 Å². The quantitative estimate of drug-likeness (QED) is 0.273.